The normalized spacial score (nSPS) is 12.3. The van der Waals surface area contributed by atoms with Gasteiger partial charge in [0.25, 0.3) is 0 Å². The molecule has 1 atom stereocenters. The van der Waals surface area contributed by atoms with Crippen LogP contribution in [0.5, 0.6) is 0 Å². The number of aromatic nitrogens is 8. The lowest BCUT2D eigenvalue weighted by Gasteiger charge is -2.12. The van der Waals surface area contributed by atoms with Crippen molar-refractivity contribution >= 4 is 27.6 Å². The van der Waals surface area contributed by atoms with Crippen LogP contribution in [-0.2, 0) is 0 Å². The van der Waals surface area contributed by atoms with Crippen molar-refractivity contribution in [3.63, 3.8) is 0 Å². The fraction of sp³-hybridized carbons (Fsp3) is 0.120. The minimum Gasteiger partial charge on any atom is -0.374 e. The zero-order valence-electron chi connectivity index (χ0n) is 19.1. The van der Waals surface area contributed by atoms with Gasteiger partial charge in [-0.25, -0.2) is 9.37 Å². The van der Waals surface area contributed by atoms with E-state index in [1.54, 1.807) is 37.1 Å². The number of fused-ring (bicyclic) bond motifs is 2. The Morgan fingerprint density at radius 1 is 1.00 bits per heavy atom. The molecule has 4 N–H and O–H groups in total. The van der Waals surface area contributed by atoms with Crippen LogP contribution in [-0.4, -0.2) is 51.4 Å². The summed E-state index contributed by atoms with van der Waals surface area (Å²) in [5.74, 6) is -0.164. The van der Waals surface area contributed by atoms with Crippen molar-refractivity contribution < 1.29 is 9.50 Å². The Morgan fingerprint density at radius 2 is 1.86 bits per heavy atom. The molecule has 0 aliphatic heterocycles. The van der Waals surface area contributed by atoms with E-state index in [9.17, 15) is 5.11 Å². The number of rotatable bonds is 6. The summed E-state index contributed by atoms with van der Waals surface area (Å²) in [7, 11) is 0. The number of pyridine rings is 4. The second-order valence-corrected chi connectivity index (χ2v) is 8.22. The number of nitrogens with zero attached hydrogens (tertiary/aromatic N) is 6. The Bertz CT molecular complexity index is 1700. The Morgan fingerprint density at radius 3 is 2.69 bits per heavy atom. The maximum atomic E-state index is 15.9. The third-order valence-corrected chi connectivity index (χ3v) is 5.87. The van der Waals surface area contributed by atoms with E-state index in [0.29, 0.717) is 45.7 Å². The largest absolute Gasteiger partial charge is 0.374 e. The van der Waals surface area contributed by atoms with E-state index in [-0.39, 0.29) is 11.1 Å². The van der Waals surface area contributed by atoms with Crippen molar-refractivity contribution in [3.8, 4) is 33.9 Å². The molecule has 36 heavy (non-hydrogen) atoms. The number of nitrogens with one attached hydrogen (secondary N) is 3. The average Bonchev–Trinajstić information content (AvgIpc) is 3.54. The van der Waals surface area contributed by atoms with E-state index in [0.717, 1.165) is 11.1 Å². The first kappa shape index (κ1) is 21.7. The molecule has 0 aliphatic rings. The van der Waals surface area contributed by atoms with E-state index in [1.807, 2.05) is 19.1 Å². The Labute approximate surface area is 203 Å². The standard InChI is InChI=1S/C25H20FN9O/c1-2-19(36)31-15-6-14(8-28-9-15)22-21(26)20-17(12-30-22)34-35-24(20)25-32-18-11-29-10-16(23(18)33-25)13-4-3-5-27-7-13/h3-12,19,31,36H,2H2,1H3,(H,32,33)(H,34,35). The topological polar surface area (TPSA) is 141 Å². The van der Waals surface area contributed by atoms with Gasteiger partial charge in [0.2, 0.25) is 0 Å². The Kier molecular flexibility index (Phi) is 5.30. The average molecular weight is 481 g/mol. The number of hydrogen-bond acceptors (Lipinski definition) is 8. The minimum absolute atomic E-state index is 0.112. The number of halogens is 1. The minimum atomic E-state index is -0.734. The molecule has 0 bridgehead atoms. The van der Waals surface area contributed by atoms with Crippen LogP contribution < -0.4 is 5.32 Å². The Balaban J connectivity index is 1.47. The van der Waals surface area contributed by atoms with Crippen LogP contribution in [0.4, 0.5) is 10.1 Å². The van der Waals surface area contributed by atoms with Gasteiger partial charge in [-0.2, -0.15) is 5.10 Å². The zero-order valence-corrected chi connectivity index (χ0v) is 19.1. The van der Waals surface area contributed by atoms with Crippen molar-refractivity contribution in [1.82, 2.24) is 40.1 Å². The van der Waals surface area contributed by atoms with Crippen LogP contribution in [0.2, 0.25) is 0 Å². The van der Waals surface area contributed by atoms with Gasteiger partial charge in [0.15, 0.2) is 11.6 Å². The molecule has 6 aromatic heterocycles. The molecule has 178 valence electrons. The van der Waals surface area contributed by atoms with Gasteiger partial charge in [-0.1, -0.05) is 13.0 Å². The van der Waals surface area contributed by atoms with Crippen molar-refractivity contribution in [1.29, 1.82) is 0 Å². The number of aliphatic hydroxyl groups is 1. The van der Waals surface area contributed by atoms with Gasteiger partial charge in [0.1, 0.15) is 23.1 Å². The molecule has 6 aromatic rings. The molecule has 0 spiro atoms. The van der Waals surface area contributed by atoms with Gasteiger partial charge >= 0.3 is 0 Å². The predicted molar refractivity (Wildman–Crippen MR) is 133 cm³/mol. The van der Waals surface area contributed by atoms with Crippen LogP contribution in [0, 0.1) is 5.82 Å². The Hall–Kier alpha value is -4.77. The van der Waals surface area contributed by atoms with E-state index >= 15 is 4.39 Å². The van der Waals surface area contributed by atoms with Gasteiger partial charge in [0, 0.05) is 41.5 Å². The van der Waals surface area contributed by atoms with Crippen molar-refractivity contribution in [2.45, 2.75) is 19.6 Å². The molecule has 0 saturated heterocycles. The number of aromatic amines is 2. The highest BCUT2D eigenvalue weighted by Gasteiger charge is 2.21. The molecule has 0 amide bonds. The van der Waals surface area contributed by atoms with Gasteiger partial charge in [-0.15, -0.1) is 0 Å². The lowest BCUT2D eigenvalue weighted by molar-refractivity contribution is 0.199. The highest BCUT2D eigenvalue weighted by atomic mass is 19.1. The smallest absolute Gasteiger partial charge is 0.161 e. The molecule has 6 rings (SSSR count). The first-order valence-electron chi connectivity index (χ1n) is 11.3. The molecular weight excluding hydrogens is 461 g/mol. The molecule has 6 heterocycles. The summed E-state index contributed by atoms with van der Waals surface area (Å²) in [6, 6.07) is 5.46. The molecule has 0 aliphatic carbocycles. The number of H-pyrrole nitrogens is 2. The lowest BCUT2D eigenvalue weighted by Crippen LogP contribution is -2.17. The number of anilines is 1. The molecule has 0 radical (unpaired) electrons. The van der Waals surface area contributed by atoms with Crippen LogP contribution >= 0.6 is 0 Å². The highest BCUT2D eigenvalue weighted by Crippen LogP contribution is 2.34. The SMILES string of the molecule is CCC(O)Nc1cncc(-c2ncc3[nH]nc(-c4nc5c(-c6cccnc6)cncc5[nH]4)c3c2F)c1. The molecule has 0 fully saturated rings. The fourth-order valence-electron chi connectivity index (χ4n) is 4.07. The summed E-state index contributed by atoms with van der Waals surface area (Å²) < 4.78 is 15.9. The van der Waals surface area contributed by atoms with E-state index in [2.05, 4.69) is 40.4 Å². The summed E-state index contributed by atoms with van der Waals surface area (Å²) in [5, 5.41) is 20.2. The molecule has 1 unspecified atom stereocenters. The van der Waals surface area contributed by atoms with Gasteiger partial charge in [-0.05, 0) is 18.6 Å². The second kappa shape index (κ2) is 8.78. The predicted octanol–water partition coefficient (Wildman–Crippen LogP) is 4.30. The molecule has 10 nitrogen and oxygen atoms in total. The third kappa shape index (κ3) is 3.71. The van der Waals surface area contributed by atoms with Crippen molar-refractivity contribution in [2.24, 2.45) is 0 Å². The number of aliphatic hydroxyl groups excluding tert-OH is 1. The fourth-order valence-corrected chi connectivity index (χ4v) is 4.07. The van der Waals surface area contributed by atoms with Gasteiger partial charge in [0.05, 0.1) is 40.7 Å². The van der Waals surface area contributed by atoms with Crippen LogP contribution in [0.1, 0.15) is 13.3 Å². The summed E-state index contributed by atoms with van der Waals surface area (Å²) in [5.41, 5.74) is 4.92. The molecule has 0 saturated carbocycles. The molecule has 0 aromatic carbocycles. The monoisotopic (exact) mass is 481 g/mol. The van der Waals surface area contributed by atoms with E-state index < -0.39 is 12.0 Å². The quantitative estimate of drug-likeness (QED) is 0.258. The zero-order chi connectivity index (χ0) is 24.6. The highest BCUT2D eigenvalue weighted by molar-refractivity contribution is 5.97. The van der Waals surface area contributed by atoms with Crippen LogP contribution in [0.15, 0.2) is 61.6 Å². The summed E-state index contributed by atoms with van der Waals surface area (Å²) >= 11 is 0. The first-order chi connectivity index (χ1) is 17.6. The molecular formula is C25H20FN9O. The third-order valence-electron chi connectivity index (χ3n) is 5.87. The van der Waals surface area contributed by atoms with Gasteiger partial charge in [-0.3, -0.25) is 25.0 Å². The molecule has 11 heteroatoms. The summed E-state index contributed by atoms with van der Waals surface area (Å²) in [4.78, 5) is 24.9. The summed E-state index contributed by atoms with van der Waals surface area (Å²) in [6.45, 7) is 1.85. The summed E-state index contributed by atoms with van der Waals surface area (Å²) in [6.07, 6.45) is 11.2. The first-order valence-corrected chi connectivity index (χ1v) is 11.3. The van der Waals surface area contributed by atoms with E-state index in [1.165, 1.54) is 12.4 Å². The number of hydrogen-bond donors (Lipinski definition) is 4. The number of imidazole rings is 1. The van der Waals surface area contributed by atoms with Crippen LogP contribution in [0.25, 0.3) is 55.8 Å². The second-order valence-electron chi connectivity index (χ2n) is 8.22. The lowest BCUT2D eigenvalue weighted by atomic mass is 10.1. The maximum Gasteiger partial charge on any atom is 0.161 e. The van der Waals surface area contributed by atoms with Gasteiger partial charge < -0.3 is 15.4 Å². The van der Waals surface area contributed by atoms with Crippen LogP contribution in [0.3, 0.4) is 0 Å². The van der Waals surface area contributed by atoms with E-state index in [4.69, 9.17) is 4.98 Å². The van der Waals surface area contributed by atoms with Crippen molar-refractivity contribution in [2.75, 3.05) is 5.32 Å². The van der Waals surface area contributed by atoms with Crippen molar-refractivity contribution in [3.05, 3.63) is 67.4 Å². The maximum absolute atomic E-state index is 15.9.